The van der Waals surface area contributed by atoms with E-state index in [0.717, 1.165) is 25.1 Å². The van der Waals surface area contributed by atoms with E-state index < -0.39 is 0 Å². The Kier molecular flexibility index (Phi) is 6.66. The first-order valence-corrected chi connectivity index (χ1v) is 8.43. The standard InChI is InChI=1S/C19H28N2O2/c1-4-13-23-18-11-9-16(10-12-18)14-21(3)15(2)19(22)20-17-7-5-6-8-17/h4,9-12,15,17H,1,5-8,13-14H2,2-3H3,(H,20,22)/t15-/m0/s1. The van der Waals surface area contributed by atoms with E-state index in [2.05, 4.69) is 16.8 Å². The van der Waals surface area contributed by atoms with E-state index in [0.29, 0.717) is 12.6 Å². The number of hydrogen-bond acceptors (Lipinski definition) is 3. The molecule has 1 aromatic carbocycles. The summed E-state index contributed by atoms with van der Waals surface area (Å²) < 4.78 is 5.48. The third-order valence-corrected chi connectivity index (χ3v) is 4.47. The summed E-state index contributed by atoms with van der Waals surface area (Å²) in [6.07, 6.45) is 6.43. The lowest BCUT2D eigenvalue weighted by molar-refractivity contribution is -0.126. The Morgan fingerprint density at radius 2 is 2.04 bits per heavy atom. The average molecular weight is 316 g/mol. The first kappa shape index (κ1) is 17.5. The number of nitrogens with zero attached hydrogens (tertiary/aromatic N) is 1. The molecule has 126 valence electrons. The molecule has 1 N–H and O–H groups in total. The van der Waals surface area contributed by atoms with Crippen LogP contribution < -0.4 is 10.1 Å². The summed E-state index contributed by atoms with van der Waals surface area (Å²) in [5.41, 5.74) is 1.17. The number of ether oxygens (including phenoxy) is 1. The maximum absolute atomic E-state index is 12.3. The van der Waals surface area contributed by atoms with Gasteiger partial charge in [0.1, 0.15) is 12.4 Å². The van der Waals surface area contributed by atoms with Crippen molar-refractivity contribution in [2.24, 2.45) is 0 Å². The fraction of sp³-hybridized carbons (Fsp3) is 0.526. The molecule has 0 bridgehead atoms. The van der Waals surface area contributed by atoms with Crippen LogP contribution in [-0.4, -0.2) is 36.5 Å². The van der Waals surface area contributed by atoms with Crippen molar-refractivity contribution in [3.05, 3.63) is 42.5 Å². The molecule has 1 amide bonds. The molecule has 2 rings (SSSR count). The van der Waals surface area contributed by atoms with E-state index in [1.165, 1.54) is 18.4 Å². The van der Waals surface area contributed by atoms with Gasteiger partial charge in [0, 0.05) is 12.6 Å². The Hall–Kier alpha value is -1.81. The average Bonchev–Trinajstić information content (AvgIpc) is 3.06. The van der Waals surface area contributed by atoms with Crippen LogP contribution in [0.25, 0.3) is 0 Å². The van der Waals surface area contributed by atoms with Crippen molar-refractivity contribution in [1.29, 1.82) is 0 Å². The van der Waals surface area contributed by atoms with Crippen molar-refractivity contribution in [2.45, 2.75) is 51.2 Å². The van der Waals surface area contributed by atoms with Crippen LogP contribution in [0, 0.1) is 0 Å². The van der Waals surface area contributed by atoms with Gasteiger partial charge in [-0.05, 0) is 44.5 Å². The number of rotatable bonds is 8. The molecule has 1 fully saturated rings. The third kappa shape index (κ3) is 5.39. The lowest BCUT2D eigenvalue weighted by Crippen LogP contribution is -2.46. The predicted octanol–water partition coefficient (Wildman–Crippen LogP) is 3.13. The summed E-state index contributed by atoms with van der Waals surface area (Å²) in [7, 11) is 1.99. The number of amides is 1. The molecule has 1 atom stereocenters. The van der Waals surface area contributed by atoms with Gasteiger partial charge in [-0.3, -0.25) is 9.69 Å². The molecule has 1 aromatic rings. The van der Waals surface area contributed by atoms with Crippen molar-refractivity contribution >= 4 is 5.91 Å². The first-order chi connectivity index (χ1) is 11.1. The summed E-state index contributed by atoms with van der Waals surface area (Å²) in [5.74, 6) is 0.966. The van der Waals surface area contributed by atoms with Crippen molar-refractivity contribution in [2.75, 3.05) is 13.7 Å². The summed E-state index contributed by atoms with van der Waals surface area (Å²) in [5, 5.41) is 3.17. The molecular formula is C19H28N2O2. The van der Waals surface area contributed by atoms with Crippen molar-refractivity contribution < 1.29 is 9.53 Å². The predicted molar refractivity (Wildman–Crippen MR) is 93.5 cm³/mol. The van der Waals surface area contributed by atoms with Crippen LogP contribution in [0.5, 0.6) is 5.75 Å². The second-order valence-corrected chi connectivity index (χ2v) is 6.32. The maximum atomic E-state index is 12.3. The van der Waals surface area contributed by atoms with E-state index >= 15 is 0 Å². The molecule has 0 radical (unpaired) electrons. The van der Waals surface area contributed by atoms with E-state index in [1.807, 2.05) is 38.2 Å². The Morgan fingerprint density at radius 1 is 1.39 bits per heavy atom. The molecule has 0 heterocycles. The molecule has 4 heteroatoms. The highest BCUT2D eigenvalue weighted by molar-refractivity contribution is 5.81. The largest absolute Gasteiger partial charge is 0.490 e. The molecule has 1 aliphatic carbocycles. The third-order valence-electron chi connectivity index (χ3n) is 4.47. The van der Waals surface area contributed by atoms with Gasteiger partial charge in [0.25, 0.3) is 0 Å². The minimum absolute atomic E-state index is 0.130. The molecule has 4 nitrogen and oxygen atoms in total. The fourth-order valence-electron chi connectivity index (χ4n) is 2.86. The normalized spacial score (nSPS) is 16.3. The number of carbonyl (C=O) groups excluding carboxylic acids is 1. The fourth-order valence-corrected chi connectivity index (χ4v) is 2.86. The van der Waals surface area contributed by atoms with Crippen LogP contribution in [0.15, 0.2) is 36.9 Å². The topological polar surface area (TPSA) is 41.6 Å². The van der Waals surface area contributed by atoms with E-state index in [1.54, 1.807) is 6.08 Å². The molecular weight excluding hydrogens is 288 g/mol. The zero-order valence-corrected chi connectivity index (χ0v) is 14.3. The molecule has 0 unspecified atom stereocenters. The molecule has 1 aliphatic rings. The quantitative estimate of drug-likeness (QED) is 0.749. The Balaban J connectivity index is 1.83. The highest BCUT2D eigenvalue weighted by Gasteiger charge is 2.23. The van der Waals surface area contributed by atoms with E-state index in [9.17, 15) is 4.79 Å². The zero-order valence-electron chi connectivity index (χ0n) is 14.3. The van der Waals surface area contributed by atoms with Crippen LogP contribution in [0.2, 0.25) is 0 Å². The molecule has 0 spiro atoms. The van der Waals surface area contributed by atoms with Gasteiger partial charge in [0.15, 0.2) is 0 Å². The van der Waals surface area contributed by atoms with Gasteiger partial charge in [0.2, 0.25) is 5.91 Å². The second kappa shape index (κ2) is 8.73. The second-order valence-electron chi connectivity index (χ2n) is 6.32. The Morgan fingerprint density at radius 3 is 2.65 bits per heavy atom. The first-order valence-electron chi connectivity index (χ1n) is 8.43. The van der Waals surface area contributed by atoms with Crippen molar-refractivity contribution in [3.8, 4) is 5.75 Å². The molecule has 1 saturated carbocycles. The molecule has 23 heavy (non-hydrogen) atoms. The number of benzene rings is 1. The lowest BCUT2D eigenvalue weighted by Gasteiger charge is -2.25. The van der Waals surface area contributed by atoms with Crippen molar-refractivity contribution in [1.82, 2.24) is 10.2 Å². The molecule has 0 aromatic heterocycles. The van der Waals surface area contributed by atoms with Gasteiger partial charge >= 0.3 is 0 Å². The summed E-state index contributed by atoms with van der Waals surface area (Å²) >= 11 is 0. The number of hydrogen-bond donors (Lipinski definition) is 1. The monoisotopic (exact) mass is 316 g/mol. The maximum Gasteiger partial charge on any atom is 0.237 e. The van der Waals surface area contributed by atoms with Crippen LogP contribution in [0.4, 0.5) is 0 Å². The highest BCUT2D eigenvalue weighted by atomic mass is 16.5. The molecule has 0 aliphatic heterocycles. The number of nitrogens with one attached hydrogen (secondary N) is 1. The van der Waals surface area contributed by atoms with Gasteiger partial charge in [0.05, 0.1) is 6.04 Å². The van der Waals surface area contributed by atoms with Gasteiger partial charge in [-0.2, -0.15) is 0 Å². The number of likely N-dealkylation sites (N-methyl/N-ethyl adjacent to an activating group) is 1. The van der Waals surface area contributed by atoms with Crippen molar-refractivity contribution in [3.63, 3.8) is 0 Å². The van der Waals surface area contributed by atoms with Crippen LogP contribution in [-0.2, 0) is 11.3 Å². The lowest BCUT2D eigenvalue weighted by atomic mass is 10.1. The van der Waals surface area contributed by atoms with Gasteiger partial charge in [-0.1, -0.05) is 37.6 Å². The number of carbonyl (C=O) groups is 1. The van der Waals surface area contributed by atoms with Gasteiger partial charge < -0.3 is 10.1 Å². The van der Waals surface area contributed by atoms with Gasteiger partial charge in [-0.25, -0.2) is 0 Å². The Labute approximate surface area is 139 Å². The SMILES string of the molecule is C=CCOc1ccc(CN(C)[C@@H](C)C(=O)NC2CCCC2)cc1. The van der Waals surface area contributed by atoms with E-state index in [4.69, 9.17) is 4.74 Å². The summed E-state index contributed by atoms with van der Waals surface area (Å²) in [6.45, 7) is 6.85. The Bertz CT molecular complexity index is 507. The van der Waals surface area contributed by atoms with Gasteiger partial charge in [-0.15, -0.1) is 0 Å². The minimum Gasteiger partial charge on any atom is -0.490 e. The smallest absolute Gasteiger partial charge is 0.237 e. The van der Waals surface area contributed by atoms with E-state index in [-0.39, 0.29) is 11.9 Å². The summed E-state index contributed by atoms with van der Waals surface area (Å²) in [4.78, 5) is 14.4. The zero-order chi connectivity index (χ0) is 16.7. The minimum atomic E-state index is -0.132. The van der Waals surface area contributed by atoms with Crippen LogP contribution in [0.3, 0.4) is 0 Å². The van der Waals surface area contributed by atoms with Crippen LogP contribution in [0.1, 0.15) is 38.2 Å². The summed E-state index contributed by atoms with van der Waals surface area (Å²) in [6, 6.07) is 8.23. The van der Waals surface area contributed by atoms with Crippen LogP contribution >= 0.6 is 0 Å². The highest BCUT2D eigenvalue weighted by Crippen LogP contribution is 2.18. The molecule has 0 saturated heterocycles.